The van der Waals surface area contributed by atoms with Gasteiger partial charge in [-0.1, -0.05) is 30.7 Å². The molecule has 2 amide bonds. The van der Waals surface area contributed by atoms with E-state index in [1.807, 2.05) is 6.92 Å². The van der Waals surface area contributed by atoms with Crippen LogP contribution in [0.5, 0.6) is 0 Å². The van der Waals surface area contributed by atoms with Gasteiger partial charge in [0.15, 0.2) is 0 Å². The maximum Gasteiger partial charge on any atom is 0.432 e. The second-order valence-electron chi connectivity index (χ2n) is 7.36. The molecule has 4 nitrogen and oxygen atoms in total. The van der Waals surface area contributed by atoms with E-state index < -0.39 is 40.7 Å². The van der Waals surface area contributed by atoms with E-state index in [-0.39, 0.29) is 22.9 Å². The Labute approximate surface area is 215 Å². The first-order valence-electron chi connectivity index (χ1n) is 10.1. The zero-order chi connectivity index (χ0) is 26.6. The number of anilines is 1. The lowest BCUT2D eigenvalue weighted by molar-refractivity contribution is -0.274. The number of rotatable bonds is 9. The van der Waals surface area contributed by atoms with E-state index in [1.165, 1.54) is 12.1 Å². The molecular weight excluding hydrogens is 586 g/mol. The summed E-state index contributed by atoms with van der Waals surface area (Å²) in [6, 6.07) is 5.78. The van der Waals surface area contributed by atoms with Gasteiger partial charge in [0.25, 0.3) is 23.9 Å². The van der Waals surface area contributed by atoms with Gasteiger partial charge in [-0.3, -0.25) is 9.59 Å². The predicted octanol–water partition coefficient (Wildman–Crippen LogP) is 7.22. The minimum atomic E-state index is -5.90. The van der Waals surface area contributed by atoms with Gasteiger partial charge in [-0.05, 0) is 52.9 Å². The largest absolute Gasteiger partial charge is 0.432 e. The van der Waals surface area contributed by atoms with Crippen molar-refractivity contribution in [1.82, 2.24) is 5.32 Å². The first-order valence-corrected chi connectivity index (χ1v) is 12.4. The quantitative estimate of drug-likeness (QED) is 0.297. The third-order valence-corrected chi connectivity index (χ3v) is 6.90. The van der Waals surface area contributed by atoms with Crippen LogP contribution in [0.4, 0.5) is 32.0 Å². The van der Waals surface area contributed by atoms with Crippen LogP contribution in [0.25, 0.3) is 0 Å². The average Bonchev–Trinajstić information content (AvgIpc) is 2.77. The van der Waals surface area contributed by atoms with Crippen molar-refractivity contribution in [2.45, 2.75) is 38.2 Å². The molecule has 192 valence electrons. The second-order valence-corrected chi connectivity index (χ2v) is 9.94. The average molecular weight is 606 g/mol. The second kappa shape index (κ2) is 11.9. The number of halogens is 8. The Morgan fingerprint density at radius 1 is 1.11 bits per heavy atom. The molecule has 0 fully saturated rings. The molecule has 1 unspecified atom stereocenters. The summed E-state index contributed by atoms with van der Waals surface area (Å²) >= 11 is 10.7. The van der Waals surface area contributed by atoms with Crippen LogP contribution in [-0.4, -0.2) is 42.0 Å². The van der Waals surface area contributed by atoms with Crippen molar-refractivity contribution in [1.29, 1.82) is 0 Å². The van der Waals surface area contributed by atoms with E-state index in [1.54, 1.807) is 24.8 Å². The van der Waals surface area contributed by atoms with E-state index in [4.69, 9.17) is 11.6 Å². The molecule has 2 atom stereocenters. The van der Waals surface area contributed by atoms with Crippen LogP contribution in [0.1, 0.15) is 40.1 Å². The van der Waals surface area contributed by atoms with Crippen LogP contribution < -0.4 is 10.6 Å². The molecule has 0 heterocycles. The Kier molecular flexibility index (Phi) is 9.95. The lowest BCUT2D eigenvalue weighted by Gasteiger charge is -2.27. The highest BCUT2D eigenvalue weighted by atomic mass is 79.9. The monoisotopic (exact) mass is 604 g/mol. The third kappa shape index (κ3) is 6.65. The van der Waals surface area contributed by atoms with E-state index in [0.717, 1.165) is 11.8 Å². The molecule has 0 aromatic heterocycles. The first-order chi connectivity index (χ1) is 16.2. The molecule has 0 spiro atoms. The van der Waals surface area contributed by atoms with Crippen LogP contribution in [0.15, 0.2) is 40.9 Å². The summed E-state index contributed by atoms with van der Waals surface area (Å²) in [5.74, 6) is 0.102. The molecule has 35 heavy (non-hydrogen) atoms. The SMILES string of the molecule is CCSC[C@H](C)NC(=O)c1c(Br)cccc1C(=O)Nc1ccc(C(F)(C(F)F)C(F)(F)F)cc1Cl. The highest BCUT2D eigenvalue weighted by Crippen LogP contribution is 2.48. The van der Waals surface area contributed by atoms with Crippen molar-refractivity contribution in [2.75, 3.05) is 16.8 Å². The summed E-state index contributed by atoms with van der Waals surface area (Å²) in [6.45, 7) is 3.76. The van der Waals surface area contributed by atoms with E-state index in [2.05, 4.69) is 26.6 Å². The number of nitrogens with one attached hydrogen (secondary N) is 2. The molecule has 2 rings (SSSR count). The van der Waals surface area contributed by atoms with Gasteiger partial charge < -0.3 is 10.6 Å². The minimum Gasteiger partial charge on any atom is -0.349 e. The summed E-state index contributed by atoms with van der Waals surface area (Å²) in [4.78, 5) is 25.7. The van der Waals surface area contributed by atoms with Crippen LogP contribution >= 0.6 is 39.3 Å². The third-order valence-electron chi connectivity index (χ3n) is 4.79. The van der Waals surface area contributed by atoms with Crippen molar-refractivity contribution < 1.29 is 35.9 Å². The van der Waals surface area contributed by atoms with Crippen molar-refractivity contribution in [3.8, 4) is 0 Å². The zero-order valence-corrected chi connectivity index (χ0v) is 21.4. The van der Waals surface area contributed by atoms with Crippen molar-refractivity contribution in [3.63, 3.8) is 0 Å². The van der Waals surface area contributed by atoms with Gasteiger partial charge in [-0.2, -0.15) is 24.9 Å². The Bertz CT molecular complexity index is 1090. The first kappa shape index (κ1) is 29.3. The Morgan fingerprint density at radius 2 is 1.77 bits per heavy atom. The Morgan fingerprint density at radius 3 is 2.31 bits per heavy atom. The zero-order valence-electron chi connectivity index (χ0n) is 18.3. The van der Waals surface area contributed by atoms with Gasteiger partial charge in [-0.25, -0.2) is 13.2 Å². The summed E-state index contributed by atoms with van der Waals surface area (Å²) in [5.41, 5.74) is -6.71. The number of amides is 2. The van der Waals surface area contributed by atoms with Gasteiger partial charge in [0.05, 0.1) is 21.8 Å². The van der Waals surface area contributed by atoms with Crippen LogP contribution in [0.2, 0.25) is 5.02 Å². The van der Waals surface area contributed by atoms with Gasteiger partial charge in [0.2, 0.25) is 0 Å². The normalized spacial score (nSPS) is 14.4. The number of alkyl halides is 6. The fourth-order valence-electron chi connectivity index (χ4n) is 3.02. The van der Waals surface area contributed by atoms with Crippen LogP contribution in [-0.2, 0) is 5.67 Å². The van der Waals surface area contributed by atoms with Gasteiger partial charge in [0, 0.05) is 21.8 Å². The number of hydrogen-bond acceptors (Lipinski definition) is 3. The summed E-state index contributed by atoms with van der Waals surface area (Å²) in [6.07, 6.45) is -10.3. The number of hydrogen-bond donors (Lipinski definition) is 2. The van der Waals surface area contributed by atoms with Gasteiger partial charge in [-0.15, -0.1) is 0 Å². The molecule has 2 aromatic rings. The highest BCUT2D eigenvalue weighted by molar-refractivity contribution is 9.10. The molecule has 0 saturated carbocycles. The maximum absolute atomic E-state index is 14.3. The summed E-state index contributed by atoms with van der Waals surface area (Å²) in [5, 5.41) is 4.49. The molecule has 2 N–H and O–H groups in total. The molecule has 0 aliphatic heterocycles. The summed E-state index contributed by atoms with van der Waals surface area (Å²) in [7, 11) is 0. The number of benzene rings is 2. The predicted molar refractivity (Wildman–Crippen MR) is 128 cm³/mol. The molecule has 2 aromatic carbocycles. The molecule has 13 heteroatoms. The molecule has 0 saturated heterocycles. The van der Waals surface area contributed by atoms with Gasteiger partial charge >= 0.3 is 6.18 Å². The van der Waals surface area contributed by atoms with E-state index in [0.29, 0.717) is 22.4 Å². The molecule has 0 radical (unpaired) electrons. The lowest BCUT2D eigenvalue weighted by Crippen LogP contribution is -2.44. The number of carbonyl (C=O) groups excluding carboxylic acids is 2. The van der Waals surface area contributed by atoms with E-state index >= 15 is 0 Å². The minimum absolute atomic E-state index is 0.00337. The van der Waals surface area contributed by atoms with Crippen molar-refractivity contribution in [2.24, 2.45) is 0 Å². The molecule has 0 aliphatic rings. The van der Waals surface area contributed by atoms with Gasteiger partial charge in [0.1, 0.15) is 0 Å². The molecular formula is C22H20BrClF6N2O2S. The summed E-state index contributed by atoms with van der Waals surface area (Å²) < 4.78 is 79.6. The topological polar surface area (TPSA) is 58.2 Å². The standard InChI is InChI=1S/C22H20BrClF6N2O2S/c1-3-35-10-11(2)31-19(34)17-13(5-4-6-14(17)23)18(33)32-16-8-7-12(9-15(16)24)21(27,20(25)26)22(28,29)30/h4-9,11,20H,3,10H2,1-2H3,(H,31,34)(H,32,33)/t11-,21?/m0/s1. The van der Waals surface area contributed by atoms with E-state index in [9.17, 15) is 35.9 Å². The Balaban J connectivity index is 2.34. The number of thioether (sulfide) groups is 1. The fraction of sp³-hybridized carbons (Fsp3) is 0.364. The van der Waals surface area contributed by atoms with Crippen LogP contribution in [0.3, 0.4) is 0 Å². The fourth-order valence-corrected chi connectivity index (χ4v) is 4.47. The molecule has 0 bridgehead atoms. The maximum atomic E-state index is 14.3. The van der Waals surface area contributed by atoms with Crippen molar-refractivity contribution in [3.05, 3.63) is 62.6 Å². The Hall–Kier alpha value is -1.92. The number of carbonyl (C=O) groups is 2. The lowest BCUT2D eigenvalue weighted by atomic mass is 9.95. The van der Waals surface area contributed by atoms with Crippen molar-refractivity contribution >= 4 is 56.8 Å². The molecule has 0 aliphatic carbocycles. The highest BCUT2D eigenvalue weighted by Gasteiger charge is 2.64. The van der Waals surface area contributed by atoms with Crippen LogP contribution in [0, 0.1) is 0 Å². The smallest absolute Gasteiger partial charge is 0.349 e.